The fraction of sp³-hybridized carbons (Fsp3) is 0.0870. The van der Waals surface area contributed by atoms with Gasteiger partial charge in [-0.1, -0.05) is 41.9 Å². The van der Waals surface area contributed by atoms with Crippen molar-refractivity contribution in [3.63, 3.8) is 0 Å². The zero-order valence-corrected chi connectivity index (χ0v) is 17.5. The molecule has 32 heavy (non-hydrogen) atoms. The molecule has 1 N–H and O–H groups in total. The molecule has 0 saturated heterocycles. The Balaban J connectivity index is 1.37. The summed E-state index contributed by atoms with van der Waals surface area (Å²) in [6, 6.07) is 15.5. The first-order chi connectivity index (χ1) is 15.7. The molecule has 156 valence electrons. The maximum absolute atomic E-state index is 13.1. The average Bonchev–Trinajstić information content (AvgIpc) is 3.44. The maximum atomic E-state index is 13.1. The van der Waals surface area contributed by atoms with Gasteiger partial charge in [0.2, 0.25) is 0 Å². The number of H-pyrrole nitrogens is 1. The van der Waals surface area contributed by atoms with Crippen LogP contribution in [0.15, 0.2) is 72.0 Å². The van der Waals surface area contributed by atoms with E-state index in [1.54, 1.807) is 33.7 Å². The molecule has 4 aromatic heterocycles. The average molecular weight is 442 g/mol. The zero-order valence-electron chi connectivity index (χ0n) is 16.7. The lowest BCUT2D eigenvalue weighted by Gasteiger charge is -2.06. The van der Waals surface area contributed by atoms with Crippen LogP contribution < -0.4 is 5.56 Å². The van der Waals surface area contributed by atoms with Gasteiger partial charge < -0.3 is 4.98 Å². The van der Waals surface area contributed by atoms with E-state index in [0.717, 1.165) is 27.6 Å². The van der Waals surface area contributed by atoms with E-state index in [1.807, 2.05) is 36.5 Å². The second kappa shape index (κ2) is 7.28. The SMILES string of the molecule is O=c1c2nnc3c(-c4ccc(Cl)cc4)cnn3c2ncn1CCc1c[nH]c2ccccc12. The van der Waals surface area contributed by atoms with Crippen molar-refractivity contribution in [2.75, 3.05) is 0 Å². The summed E-state index contributed by atoms with van der Waals surface area (Å²) >= 11 is 5.99. The first-order valence-corrected chi connectivity index (χ1v) is 10.5. The highest BCUT2D eigenvalue weighted by Gasteiger charge is 2.15. The monoisotopic (exact) mass is 441 g/mol. The molecule has 2 aromatic carbocycles. The number of fused-ring (bicyclic) bond motifs is 4. The Hall–Kier alpha value is -4.04. The molecule has 4 heterocycles. The molecule has 0 saturated carbocycles. The zero-order chi connectivity index (χ0) is 21.7. The van der Waals surface area contributed by atoms with E-state index >= 15 is 0 Å². The van der Waals surface area contributed by atoms with Gasteiger partial charge in [0.25, 0.3) is 5.56 Å². The van der Waals surface area contributed by atoms with Crippen molar-refractivity contribution in [1.29, 1.82) is 0 Å². The number of benzene rings is 2. The maximum Gasteiger partial charge on any atom is 0.283 e. The van der Waals surface area contributed by atoms with Crippen LogP contribution in [-0.2, 0) is 13.0 Å². The van der Waals surface area contributed by atoms with Gasteiger partial charge in [-0.3, -0.25) is 9.36 Å². The quantitative estimate of drug-likeness (QED) is 0.448. The highest BCUT2D eigenvalue weighted by Crippen LogP contribution is 2.25. The number of aromatic nitrogens is 7. The number of aryl methyl sites for hydroxylation is 2. The minimum atomic E-state index is -0.243. The fourth-order valence-corrected chi connectivity index (χ4v) is 4.10. The third-order valence-corrected chi connectivity index (χ3v) is 5.89. The number of para-hydroxylation sites is 1. The van der Waals surface area contributed by atoms with E-state index in [9.17, 15) is 4.79 Å². The van der Waals surface area contributed by atoms with Gasteiger partial charge in [-0.25, -0.2) is 4.98 Å². The second-order valence-electron chi connectivity index (χ2n) is 7.53. The summed E-state index contributed by atoms with van der Waals surface area (Å²) in [5.41, 5.74) is 4.78. The lowest BCUT2D eigenvalue weighted by Crippen LogP contribution is -2.23. The number of halogens is 1. The molecular formula is C23H16ClN7O. The molecule has 0 aliphatic carbocycles. The third kappa shape index (κ3) is 2.96. The van der Waals surface area contributed by atoms with Crippen molar-refractivity contribution in [2.24, 2.45) is 0 Å². The van der Waals surface area contributed by atoms with Crippen molar-refractivity contribution < 1.29 is 0 Å². The minimum Gasteiger partial charge on any atom is -0.361 e. The molecule has 0 bridgehead atoms. The normalized spacial score (nSPS) is 11.7. The molecule has 0 fully saturated rings. The first-order valence-electron chi connectivity index (χ1n) is 10.1. The summed E-state index contributed by atoms with van der Waals surface area (Å²) in [7, 11) is 0. The Morgan fingerprint density at radius 2 is 1.84 bits per heavy atom. The van der Waals surface area contributed by atoms with Gasteiger partial charge in [0.15, 0.2) is 16.8 Å². The summed E-state index contributed by atoms with van der Waals surface area (Å²) in [5.74, 6) is 0. The molecular weight excluding hydrogens is 426 g/mol. The van der Waals surface area contributed by atoms with Gasteiger partial charge in [0.05, 0.1) is 6.20 Å². The highest BCUT2D eigenvalue weighted by atomic mass is 35.5. The molecule has 8 nitrogen and oxygen atoms in total. The van der Waals surface area contributed by atoms with Crippen molar-refractivity contribution in [1.82, 2.24) is 34.3 Å². The lowest BCUT2D eigenvalue weighted by molar-refractivity contribution is 0.659. The van der Waals surface area contributed by atoms with Crippen molar-refractivity contribution in [3.8, 4) is 11.1 Å². The Morgan fingerprint density at radius 1 is 1.00 bits per heavy atom. The summed E-state index contributed by atoms with van der Waals surface area (Å²) in [5, 5.41) is 14.7. The second-order valence-corrected chi connectivity index (χ2v) is 7.96. The Kier molecular flexibility index (Phi) is 4.26. The molecule has 0 amide bonds. The number of aromatic amines is 1. The predicted molar refractivity (Wildman–Crippen MR) is 123 cm³/mol. The third-order valence-electron chi connectivity index (χ3n) is 5.64. The molecule has 6 rings (SSSR count). The van der Waals surface area contributed by atoms with Crippen LogP contribution in [0.2, 0.25) is 5.02 Å². The van der Waals surface area contributed by atoms with Gasteiger partial charge in [-0.15, -0.1) is 10.2 Å². The molecule has 0 aliphatic rings. The molecule has 0 spiro atoms. The number of hydrogen-bond acceptors (Lipinski definition) is 5. The van der Waals surface area contributed by atoms with E-state index in [4.69, 9.17) is 11.6 Å². The van der Waals surface area contributed by atoms with Crippen LogP contribution in [0.5, 0.6) is 0 Å². The van der Waals surface area contributed by atoms with Crippen molar-refractivity contribution >= 4 is 39.3 Å². The predicted octanol–water partition coefficient (Wildman–Crippen LogP) is 3.88. The van der Waals surface area contributed by atoms with Gasteiger partial charge in [0, 0.05) is 34.2 Å². The summed E-state index contributed by atoms with van der Waals surface area (Å²) in [4.78, 5) is 20.8. The smallest absolute Gasteiger partial charge is 0.283 e. The number of nitrogens with one attached hydrogen (secondary N) is 1. The Morgan fingerprint density at radius 3 is 2.72 bits per heavy atom. The van der Waals surface area contributed by atoms with Crippen molar-refractivity contribution in [3.05, 3.63) is 88.2 Å². The van der Waals surface area contributed by atoms with Crippen LogP contribution in [0.25, 0.3) is 38.8 Å². The van der Waals surface area contributed by atoms with Crippen LogP contribution in [-0.4, -0.2) is 34.3 Å². The Labute approximate surface area is 186 Å². The van der Waals surface area contributed by atoms with Crippen LogP contribution in [0.1, 0.15) is 5.56 Å². The largest absolute Gasteiger partial charge is 0.361 e. The summed E-state index contributed by atoms with van der Waals surface area (Å²) in [6.45, 7) is 0.485. The van der Waals surface area contributed by atoms with E-state index in [1.165, 1.54) is 0 Å². The lowest BCUT2D eigenvalue weighted by atomic mass is 10.1. The van der Waals surface area contributed by atoms with Gasteiger partial charge in [-0.2, -0.15) is 9.61 Å². The van der Waals surface area contributed by atoms with Crippen LogP contribution in [0.4, 0.5) is 0 Å². The fourth-order valence-electron chi connectivity index (χ4n) is 3.97. The van der Waals surface area contributed by atoms with Crippen LogP contribution in [0, 0.1) is 0 Å². The van der Waals surface area contributed by atoms with E-state index in [2.05, 4.69) is 31.3 Å². The van der Waals surface area contributed by atoms with E-state index in [-0.39, 0.29) is 11.1 Å². The number of nitrogens with zero attached hydrogens (tertiary/aromatic N) is 6. The van der Waals surface area contributed by atoms with Crippen LogP contribution >= 0.6 is 11.6 Å². The first kappa shape index (κ1) is 18.7. The van der Waals surface area contributed by atoms with Gasteiger partial charge in [0.1, 0.15) is 6.33 Å². The van der Waals surface area contributed by atoms with Gasteiger partial charge >= 0.3 is 0 Å². The molecule has 0 radical (unpaired) electrons. The molecule has 0 atom stereocenters. The highest BCUT2D eigenvalue weighted by molar-refractivity contribution is 6.30. The summed E-state index contributed by atoms with van der Waals surface area (Å²) < 4.78 is 3.12. The molecule has 9 heteroatoms. The molecule has 6 aromatic rings. The van der Waals surface area contributed by atoms with E-state index < -0.39 is 0 Å². The van der Waals surface area contributed by atoms with Crippen LogP contribution in [0.3, 0.4) is 0 Å². The minimum absolute atomic E-state index is 0.185. The van der Waals surface area contributed by atoms with E-state index in [0.29, 0.717) is 29.3 Å². The molecule has 0 unspecified atom stereocenters. The standard InChI is InChI=1S/C23H16ClN7O/c24-16-7-5-14(6-8-16)18-12-27-31-21(18)29-28-20-22(31)26-13-30(23(20)32)10-9-15-11-25-19-4-2-1-3-17(15)19/h1-8,11-13,25H,9-10H2. The molecule has 0 aliphatic heterocycles. The summed E-state index contributed by atoms with van der Waals surface area (Å²) in [6.07, 6.45) is 5.91. The number of hydrogen-bond donors (Lipinski definition) is 1. The van der Waals surface area contributed by atoms with Gasteiger partial charge in [-0.05, 0) is 35.7 Å². The number of rotatable bonds is 4. The Bertz CT molecular complexity index is 1660. The topological polar surface area (TPSA) is 93.8 Å². The van der Waals surface area contributed by atoms with Crippen molar-refractivity contribution in [2.45, 2.75) is 13.0 Å².